The summed E-state index contributed by atoms with van der Waals surface area (Å²) in [6.45, 7) is 9.26. The first kappa shape index (κ1) is 17.2. The van der Waals surface area contributed by atoms with Gasteiger partial charge in [-0.1, -0.05) is 26.8 Å². The number of carbonyl (C=O) groups is 1. The number of amides is 1. The molecule has 2 heterocycles. The predicted molar refractivity (Wildman–Crippen MR) is 90.5 cm³/mol. The molecule has 0 spiro atoms. The van der Waals surface area contributed by atoms with Crippen molar-refractivity contribution in [3.63, 3.8) is 0 Å². The Morgan fingerprint density at radius 3 is 2.52 bits per heavy atom. The molecule has 0 N–H and O–H groups in total. The number of rotatable bonds is 5. The first-order valence-electron chi connectivity index (χ1n) is 7.92. The van der Waals surface area contributed by atoms with Crippen LogP contribution in [0.15, 0.2) is 30.5 Å². The Kier molecular flexibility index (Phi) is 5.19. The molecule has 23 heavy (non-hydrogen) atoms. The Bertz CT molecular complexity index is 655. The molecule has 0 aliphatic carbocycles. The standard InChI is InChI=1S/C18H26N4O/c1-14-10-16(21(5)20-14)13-22(17(23)11-18(2,3)4)12-15-8-6-7-9-19-15/h6-10H,11-13H2,1-5H3. The maximum atomic E-state index is 12.8. The van der Waals surface area contributed by atoms with Crippen molar-refractivity contribution in [2.45, 2.75) is 47.2 Å². The zero-order valence-electron chi connectivity index (χ0n) is 14.7. The van der Waals surface area contributed by atoms with Gasteiger partial charge in [0.05, 0.1) is 30.2 Å². The van der Waals surface area contributed by atoms with Crippen LogP contribution in [0.4, 0.5) is 0 Å². The van der Waals surface area contributed by atoms with Crippen LogP contribution in [0.5, 0.6) is 0 Å². The lowest BCUT2D eigenvalue weighted by molar-refractivity contribution is -0.134. The fraction of sp³-hybridized carbons (Fsp3) is 0.500. The molecule has 0 fully saturated rings. The lowest BCUT2D eigenvalue weighted by atomic mass is 9.91. The zero-order valence-corrected chi connectivity index (χ0v) is 14.7. The molecule has 0 aromatic carbocycles. The minimum atomic E-state index is -0.0399. The van der Waals surface area contributed by atoms with Crippen LogP contribution in [0, 0.1) is 12.3 Å². The lowest BCUT2D eigenvalue weighted by Gasteiger charge is -2.26. The van der Waals surface area contributed by atoms with E-state index in [1.807, 2.05) is 47.8 Å². The monoisotopic (exact) mass is 314 g/mol. The van der Waals surface area contributed by atoms with E-state index in [4.69, 9.17) is 0 Å². The SMILES string of the molecule is Cc1cc(CN(Cc2ccccn2)C(=O)CC(C)(C)C)n(C)n1. The average Bonchev–Trinajstić information content (AvgIpc) is 2.75. The van der Waals surface area contributed by atoms with E-state index in [2.05, 4.69) is 30.9 Å². The van der Waals surface area contributed by atoms with Crippen LogP contribution in [-0.2, 0) is 24.9 Å². The van der Waals surface area contributed by atoms with Crippen LogP contribution in [0.3, 0.4) is 0 Å². The van der Waals surface area contributed by atoms with Gasteiger partial charge in [-0.05, 0) is 30.5 Å². The van der Waals surface area contributed by atoms with E-state index >= 15 is 0 Å². The minimum Gasteiger partial charge on any atom is -0.331 e. The summed E-state index contributed by atoms with van der Waals surface area (Å²) in [6, 6.07) is 7.81. The van der Waals surface area contributed by atoms with Crippen molar-refractivity contribution in [1.82, 2.24) is 19.7 Å². The van der Waals surface area contributed by atoms with Gasteiger partial charge in [-0.15, -0.1) is 0 Å². The number of nitrogens with zero attached hydrogens (tertiary/aromatic N) is 4. The molecule has 0 radical (unpaired) electrons. The largest absolute Gasteiger partial charge is 0.331 e. The maximum absolute atomic E-state index is 12.8. The summed E-state index contributed by atoms with van der Waals surface area (Å²) in [4.78, 5) is 19.0. The fourth-order valence-electron chi connectivity index (χ4n) is 2.49. The second-order valence-electron chi connectivity index (χ2n) is 7.21. The highest BCUT2D eigenvalue weighted by atomic mass is 16.2. The highest BCUT2D eigenvalue weighted by Gasteiger charge is 2.22. The molecule has 124 valence electrons. The molecule has 0 atom stereocenters. The van der Waals surface area contributed by atoms with Crippen LogP contribution < -0.4 is 0 Å². The Morgan fingerprint density at radius 2 is 2.00 bits per heavy atom. The van der Waals surface area contributed by atoms with Gasteiger partial charge in [0.1, 0.15) is 0 Å². The van der Waals surface area contributed by atoms with Gasteiger partial charge in [0.2, 0.25) is 5.91 Å². The number of pyridine rings is 1. The van der Waals surface area contributed by atoms with Crippen molar-refractivity contribution in [1.29, 1.82) is 0 Å². The fourth-order valence-corrected chi connectivity index (χ4v) is 2.49. The van der Waals surface area contributed by atoms with E-state index in [1.165, 1.54) is 0 Å². The number of carbonyl (C=O) groups excluding carboxylic acids is 1. The van der Waals surface area contributed by atoms with Gasteiger partial charge in [0, 0.05) is 19.7 Å². The molecule has 0 bridgehead atoms. The topological polar surface area (TPSA) is 51.0 Å². The van der Waals surface area contributed by atoms with Crippen molar-refractivity contribution in [2.75, 3.05) is 0 Å². The van der Waals surface area contributed by atoms with Crippen LogP contribution in [0.1, 0.15) is 44.3 Å². The zero-order chi connectivity index (χ0) is 17.0. The third kappa shape index (κ3) is 5.20. The molecule has 5 heteroatoms. The van der Waals surface area contributed by atoms with Crippen LogP contribution >= 0.6 is 0 Å². The first-order chi connectivity index (χ1) is 10.7. The molecule has 0 saturated carbocycles. The Balaban J connectivity index is 2.20. The third-order valence-electron chi connectivity index (χ3n) is 3.57. The summed E-state index contributed by atoms with van der Waals surface area (Å²) >= 11 is 0. The highest BCUT2D eigenvalue weighted by molar-refractivity contribution is 5.76. The van der Waals surface area contributed by atoms with Gasteiger partial charge in [0.25, 0.3) is 0 Å². The molecular weight excluding hydrogens is 288 g/mol. The lowest BCUT2D eigenvalue weighted by Crippen LogP contribution is -2.33. The molecule has 1 amide bonds. The van der Waals surface area contributed by atoms with Crippen molar-refractivity contribution >= 4 is 5.91 Å². The van der Waals surface area contributed by atoms with Gasteiger partial charge in [-0.25, -0.2) is 0 Å². The average molecular weight is 314 g/mol. The number of aryl methyl sites for hydroxylation is 2. The molecule has 0 aliphatic rings. The second kappa shape index (κ2) is 6.94. The molecular formula is C18H26N4O. The number of hydrogen-bond acceptors (Lipinski definition) is 3. The first-order valence-corrected chi connectivity index (χ1v) is 7.92. The van der Waals surface area contributed by atoms with E-state index in [-0.39, 0.29) is 11.3 Å². The molecule has 2 aromatic rings. The van der Waals surface area contributed by atoms with Gasteiger partial charge >= 0.3 is 0 Å². The summed E-state index contributed by atoms with van der Waals surface area (Å²) in [6.07, 6.45) is 2.27. The quantitative estimate of drug-likeness (QED) is 0.852. The van der Waals surface area contributed by atoms with Crippen LogP contribution in [0.25, 0.3) is 0 Å². The van der Waals surface area contributed by atoms with E-state index < -0.39 is 0 Å². The van der Waals surface area contributed by atoms with Gasteiger partial charge in [0.15, 0.2) is 0 Å². The normalized spacial score (nSPS) is 11.5. The van der Waals surface area contributed by atoms with Crippen molar-refractivity contribution < 1.29 is 4.79 Å². The minimum absolute atomic E-state index is 0.0399. The van der Waals surface area contributed by atoms with Crippen molar-refractivity contribution in [3.05, 3.63) is 47.5 Å². The van der Waals surface area contributed by atoms with Crippen LogP contribution in [-0.4, -0.2) is 25.6 Å². The van der Waals surface area contributed by atoms with Gasteiger partial charge in [-0.3, -0.25) is 14.5 Å². The van der Waals surface area contributed by atoms with Crippen molar-refractivity contribution in [3.8, 4) is 0 Å². The maximum Gasteiger partial charge on any atom is 0.223 e. The third-order valence-corrected chi connectivity index (χ3v) is 3.57. The smallest absolute Gasteiger partial charge is 0.223 e. The highest BCUT2D eigenvalue weighted by Crippen LogP contribution is 2.21. The Hall–Kier alpha value is -2.17. The molecule has 5 nitrogen and oxygen atoms in total. The predicted octanol–water partition coefficient (Wildman–Crippen LogP) is 3.09. The molecule has 0 saturated heterocycles. The van der Waals surface area contributed by atoms with Gasteiger partial charge < -0.3 is 4.90 Å². The molecule has 2 aromatic heterocycles. The van der Waals surface area contributed by atoms with E-state index in [9.17, 15) is 4.79 Å². The Morgan fingerprint density at radius 1 is 1.26 bits per heavy atom. The summed E-state index contributed by atoms with van der Waals surface area (Å²) in [5.41, 5.74) is 2.85. The van der Waals surface area contributed by atoms with E-state index in [0.29, 0.717) is 19.5 Å². The summed E-state index contributed by atoms with van der Waals surface area (Å²) in [5, 5.41) is 4.37. The molecule has 0 unspecified atom stereocenters. The number of hydrogen-bond donors (Lipinski definition) is 0. The van der Waals surface area contributed by atoms with Crippen molar-refractivity contribution in [2.24, 2.45) is 12.5 Å². The van der Waals surface area contributed by atoms with E-state index in [1.54, 1.807) is 6.20 Å². The summed E-state index contributed by atoms with van der Waals surface area (Å²) in [7, 11) is 1.91. The van der Waals surface area contributed by atoms with E-state index in [0.717, 1.165) is 17.1 Å². The van der Waals surface area contributed by atoms with Gasteiger partial charge in [-0.2, -0.15) is 5.10 Å². The Labute approximate surface area is 138 Å². The second-order valence-corrected chi connectivity index (χ2v) is 7.21. The number of aromatic nitrogens is 3. The molecule has 0 aliphatic heterocycles. The molecule has 2 rings (SSSR count). The summed E-state index contributed by atoms with van der Waals surface area (Å²) < 4.78 is 1.84. The van der Waals surface area contributed by atoms with Crippen LogP contribution in [0.2, 0.25) is 0 Å². The summed E-state index contributed by atoms with van der Waals surface area (Å²) in [5.74, 6) is 0.141.